The summed E-state index contributed by atoms with van der Waals surface area (Å²) in [5.41, 5.74) is 2.78. The van der Waals surface area contributed by atoms with Crippen molar-refractivity contribution in [3.63, 3.8) is 0 Å². The number of likely N-dealkylation sites (tertiary alicyclic amines) is 2. The highest BCUT2D eigenvalue weighted by Gasteiger charge is 2.52. The van der Waals surface area contributed by atoms with Crippen molar-refractivity contribution in [3.8, 4) is 29.6 Å². The van der Waals surface area contributed by atoms with Crippen molar-refractivity contribution >= 4 is 74.6 Å². The molecule has 410 valence electrons. The lowest BCUT2D eigenvalue weighted by atomic mass is 9.94. The Balaban J connectivity index is 0.664. The highest BCUT2D eigenvalue weighted by Crippen LogP contribution is 2.45. The van der Waals surface area contributed by atoms with Gasteiger partial charge in [0.25, 0.3) is 0 Å². The monoisotopic (exact) mass is 1070 g/mol. The van der Waals surface area contributed by atoms with Gasteiger partial charge in [0.15, 0.2) is 11.6 Å². The van der Waals surface area contributed by atoms with Gasteiger partial charge < -0.3 is 39.6 Å². The average molecular weight is 1080 g/mol. The number of rotatable bonds is 15. The summed E-state index contributed by atoms with van der Waals surface area (Å²) >= 11 is 0. The predicted molar refractivity (Wildman–Crippen MR) is 296 cm³/mol. The molecule has 0 spiro atoms. The molecular formula is C59H64F2N12O6. The van der Waals surface area contributed by atoms with Crippen LogP contribution in [0, 0.1) is 29.9 Å². The molecule has 0 saturated carbocycles. The number of piperazine rings is 1. The number of halogens is 2. The maximum absolute atomic E-state index is 17.3. The van der Waals surface area contributed by atoms with Crippen LogP contribution in [0.2, 0.25) is 0 Å². The zero-order valence-electron chi connectivity index (χ0n) is 44.3. The molecule has 6 aromatic rings. The van der Waals surface area contributed by atoms with E-state index < -0.39 is 17.2 Å². The van der Waals surface area contributed by atoms with Crippen molar-refractivity contribution in [1.82, 2.24) is 44.7 Å². The van der Waals surface area contributed by atoms with Crippen LogP contribution in [-0.4, -0.2) is 159 Å². The van der Waals surface area contributed by atoms with Crippen molar-refractivity contribution in [2.75, 3.05) is 80.7 Å². The van der Waals surface area contributed by atoms with Gasteiger partial charge in [-0.25, -0.2) is 13.6 Å². The molecule has 2 bridgehead atoms. The number of fused-ring (bicyclic) bond motifs is 6. The molecule has 6 saturated heterocycles. The van der Waals surface area contributed by atoms with E-state index in [2.05, 4.69) is 43.0 Å². The molecule has 20 heteroatoms. The number of terminal acetylenes is 1. The van der Waals surface area contributed by atoms with Gasteiger partial charge in [0.05, 0.1) is 22.0 Å². The molecule has 0 radical (unpaired) electrons. The summed E-state index contributed by atoms with van der Waals surface area (Å²) in [4.78, 5) is 74.1. The minimum atomic E-state index is -0.686. The number of nitrogens with zero attached hydrogens (tertiary/aromatic N) is 10. The van der Waals surface area contributed by atoms with Crippen LogP contribution in [0.15, 0.2) is 66.9 Å². The molecule has 6 fully saturated rings. The fourth-order valence-corrected chi connectivity index (χ4v) is 13.4. The maximum Gasteiger partial charge on any atom is 0.409 e. The molecule has 2 N–H and O–H groups in total. The number of nitrogens with one attached hydrogen (secondary N) is 2. The third kappa shape index (κ3) is 9.85. The van der Waals surface area contributed by atoms with Gasteiger partial charge >= 0.3 is 12.1 Å². The Morgan fingerprint density at radius 1 is 0.975 bits per heavy atom. The van der Waals surface area contributed by atoms with Gasteiger partial charge in [-0.1, -0.05) is 42.3 Å². The number of carbonyl (C=O) groups excluding carboxylic acids is 4. The smallest absolute Gasteiger partial charge is 0.409 e. The maximum atomic E-state index is 17.3. The average Bonchev–Trinajstić information content (AvgIpc) is 4.24. The van der Waals surface area contributed by atoms with Crippen LogP contribution >= 0.6 is 0 Å². The minimum Gasteiger partial charge on any atom is -0.461 e. The van der Waals surface area contributed by atoms with E-state index in [1.54, 1.807) is 40.0 Å². The van der Waals surface area contributed by atoms with Crippen molar-refractivity contribution in [2.24, 2.45) is 13.0 Å². The molecule has 0 aliphatic carbocycles. The first kappa shape index (κ1) is 52.0. The second-order valence-corrected chi connectivity index (χ2v) is 22.3. The molecule has 18 nitrogen and oxygen atoms in total. The number of piperidine rings is 2. The number of hydrogen-bond acceptors (Lipinski definition) is 14. The second-order valence-electron chi connectivity index (χ2n) is 22.3. The number of pyridine rings is 1. The molecule has 6 aliphatic rings. The van der Waals surface area contributed by atoms with E-state index in [0.29, 0.717) is 105 Å². The van der Waals surface area contributed by atoms with Crippen LogP contribution in [0.3, 0.4) is 0 Å². The lowest BCUT2D eigenvalue weighted by Gasteiger charge is -2.37. The first-order chi connectivity index (χ1) is 38.4. The molecule has 3 aromatic carbocycles. The van der Waals surface area contributed by atoms with Crippen LogP contribution in [-0.2, 0) is 26.2 Å². The standard InChI is InChI=1S/C59H64F2N12O6/c1-4-44-48(60)14-9-37-7-5-8-46(50(37)44)52-51(61)53-47(29-62-52)54(72-31-41-10-11-42(32-72)64-41)66-57(65-53)79-34-59-20-15-43(73(59)30-36(2)28-59)33-78-58(77)70-22-16-38(17-23-70)56(76)69-24-18-39(19-25-69)63-40-12-13-45-49(27-40)68(3)67-55(45)71(35-75)21-6-26-74/h1,5,7-9,12-14,26-27,29,35,38-39,41-43,63-64H,2,6,10-11,15-25,28,30-34H2,3H3/t41?,42?,43-,59-/m0/s1. The van der Waals surface area contributed by atoms with E-state index in [1.807, 2.05) is 30.1 Å². The van der Waals surface area contributed by atoms with Gasteiger partial charge in [0, 0.05) is 124 Å². The van der Waals surface area contributed by atoms with Crippen LogP contribution < -0.4 is 25.2 Å². The molecule has 79 heavy (non-hydrogen) atoms. The SMILES string of the molecule is C#Cc1c(F)ccc2cccc(-c3ncc4c(N5CC6CCC(C5)N6)nc(OC[C@@]56CC[C@@H](COC(=O)N7CCC(C(=O)N8CCC(Nc9ccc%10c(N(C=O)CCC=O)nn(C)c%10c9)CC8)CC7)N5CC(=C)C6)nc4c3F)c12. The van der Waals surface area contributed by atoms with E-state index in [-0.39, 0.29) is 91.0 Å². The normalized spacial score (nSPS) is 22.6. The van der Waals surface area contributed by atoms with E-state index >= 15 is 8.78 Å². The Kier molecular flexibility index (Phi) is 14.1. The van der Waals surface area contributed by atoms with Gasteiger partial charge in [-0.2, -0.15) is 15.1 Å². The topological polar surface area (TPSA) is 183 Å². The zero-order valence-corrected chi connectivity index (χ0v) is 44.3. The lowest BCUT2D eigenvalue weighted by molar-refractivity contribution is -0.138. The first-order valence-corrected chi connectivity index (χ1v) is 27.6. The summed E-state index contributed by atoms with van der Waals surface area (Å²) in [5, 5.41) is 14.2. The number of benzene rings is 3. The summed E-state index contributed by atoms with van der Waals surface area (Å²) < 4.78 is 46.7. The second kappa shape index (κ2) is 21.5. The van der Waals surface area contributed by atoms with Crippen LogP contribution in [0.5, 0.6) is 6.01 Å². The zero-order chi connectivity index (χ0) is 54.5. The van der Waals surface area contributed by atoms with Crippen molar-refractivity contribution in [2.45, 2.75) is 93.9 Å². The summed E-state index contributed by atoms with van der Waals surface area (Å²) in [7, 11) is 1.83. The quantitative estimate of drug-likeness (QED) is 0.0611. The van der Waals surface area contributed by atoms with Gasteiger partial charge in [-0.3, -0.25) is 29.1 Å². The van der Waals surface area contributed by atoms with E-state index in [1.165, 1.54) is 11.0 Å². The van der Waals surface area contributed by atoms with Crippen molar-refractivity contribution < 1.29 is 37.4 Å². The summed E-state index contributed by atoms with van der Waals surface area (Å²) in [6.07, 6.45) is 15.7. The largest absolute Gasteiger partial charge is 0.461 e. The number of anilines is 3. The van der Waals surface area contributed by atoms with Crippen LogP contribution in [0.4, 0.5) is 30.9 Å². The molecule has 3 aromatic heterocycles. The molecule has 9 heterocycles. The number of aromatic nitrogens is 5. The third-order valence-electron chi connectivity index (χ3n) is 17.4. The Labute approximate surface area is 456 Å². The number of aryl methyl sites for hydroxylation is 1. The molecule has 4 atom stereocenters. The Bertz CT molecular complexity index is 3430. The van der Waals surface area contributed by atoms with Crippen LogP contribution in [0.25, 0.3) is 43.8 Å². The fraction of sp³-hybridized carbons (Fsp3) is 0.458. The number of aldehydes is 1. The van der Waals surface area contributed by atoms with E-state index in [0.717, 1.165) is 67.0 Å². The molecular weight excluding hydrogens is 1010 g/mol. The predicted octanol–water partition coefficient (Wildman–Crippen LogP) is 6.98. The number of amides is 3. The lowest BCUT2D eigenvalue weighted by Crippen LogP contribution is -2.51. The Morgan fingerprint density at radius 2 is 1.76 bits per heavy atom. The van der Waals surface area contributed by atoms with E-state index in [4.69, 9.17) is 25.9 Å². The van der Waals surface area contributed by atoms with Crippen molar-refractivity contribution in [3.05, 3.63) is 84.1 Å². The number of carbonyl (C=O) groups is 4. The molecule has 12 rings (SSSR count). The summed E-state index contributed by atoms with van der Waals surface area (Å²) in [6.45, 7) is 9.13. The highest BCUT2D eigenvalue weighted by atomic mass is 19.1. The van der Waals surface area contributed by atoms with Gasteiger partial charge in [0.1, 0.15) is 42.3 Å². The fourth-order valence-electron chi connectivity index (χ4n) is 13.4. The molecule has 6 aliphatic heterocycles. The van der Waals surface area contributed by atoms with Gasteiger partial charge in [-0.15, -0.1) is 6.42 Å². The van der Waals surface area contributed by atoms with Crippen molar-refractivity contribution in [1.29, 1.82) is 0 Å². The summed E-state index contributed by atoms with van der Waals surface area (Å²) in [5.74, 6) is 2.22. The molecule has 2 unspecified atom stereocenters. The number of ether oxygens (including phenoxy) is 2. The highest BCUT2D eigenvalue weighted by molar-refractivity contribution is 6.02. The minimum absolute atomic E-state index is 0.00587. The first-order valence-electron chi connectivity index (χ1n) is 27.6. The van der Waals surface area contributed by atoms with Crippen LogP contribution in [0.1, 0.15) is 69.8 Å². The van der Waals surface area contributed by atoms with E-state index in [9.17, 15) is 19.2 Å². The summed E-state index contributed by atoms with van der Waals surface area (Å²) in [6, 6.07) is 14.8. The Morgan fingerprint density at radius 3 is 2.52 bits per heavy atom. The van der Waals surface area contributed by atoms with Gasteiger partial charge in [0.2, 0.25) is 12.3 Å². The molecule has 3 amide bonds. The van der Waals surface area contributed by atoms with Gasteiger partial charge in [-0.05, 0) is 87.4 Å². The third-order valence-corrected chi connectivity index (χ3v) is 17.4. The number of hydrogen-bond donors (Lipinski definition) is 2. The Hall–Kier alpha value is -7.76.